The van der Waals surface area contributed by atoms with E-state index >= 15 is 0 Å². The second kappa shape index (κ2) is 9.00. The van der Waals surface area contributed by atoms with Gasteiger partial charge in [0.2, 0.25) is 0 Å². The summed E-state index contributed by atoms with van der Waals surface area (Å²) in [5.74, 6) is 0. The third-order valence-electron chi connectivity index (χ3n) is 0. The van der Waals surface area contributed by atoms with E-state index in [0.29, 0.717) is 0 Å². The Morgan fingerprint density at radius 3 is 1.50 bits per heavy atom. The fourth-order valence-electron chi connectivity index (χ4n) is 0. The smallest absolute Gasteiger partial charge is 0.335 e. The fourth-order valence-corrected chi connectivity index (χ4v) is 0. The van der Waals surface area contributed by atoms with E-state index in [1.807, 2.05) is 20.3 Å². The first-order chi connectivity index (χ1) is 1.41. The largest absolute Gasteiger partial charge is 1.00 e. The fraction of sp³-hybridized carbons (Fsp3) is 0.667. The molecule has 0 radical (unpaired) electrons. The molecule has 0 N–H and O–H groups in total. The van der Waals surface area contributed by atoms with E-state index in [4.69, 9.17) is 0 Å². The Morgan fingerprint density at radius 2 is 1.50 bits per heavy atom. The topological polar surface area (TPSA) is 0 Å². The molecule has 0 unspecified atom stereocenters. The van der Waals surface area contributed by atoms with Crippen LogP contribution < -0.4 is 29.6 Å². The molecule has 0 saturated heterocycles. The molecule has 0 aliphatic rings. The molecule has 0 aliphatic carbocycles. The van der Waals surface area contributed by atoms with Crippen LogP contribution in [-0.2, 0) is 0 Å². The number of rotatable bonds is 0. The molecule has 0 saturated carbocycles. The van der Waals surface area contributed by atoms with E-state index in [1.165, 1.54) is 0 Å². The van der Waals surface area contributed by atoms with Crippen molar-refractivity contribution >= 4 is 0 Å². The number of hydrogen-bond donors (Lipinski definition) is 0. The van der Waals surface area contributed by atoms with Crippen molar-refractivity contribution in [2.24, 2.45) is 0 Å². The van der Waals surface area contributed by atoms with Crippen LogP contribution in [0.4, 0.5) is 0 Å². The summed E-state index contributed by atoms with van der Waals surface area (Å²) < 4.78 is 0. The molecule has 4 heavy (non-hydrogen) atoms. The summed E-state index contributed by atoms with van der Waals surface area (Å²) in [6.07, 6.45) is 2.00. The van der Waals surface area contributed by atoms with Crippen molar-refractivity contribution in [2.75, 3.05) is 0 Å². The molecular weight excluding hydrogens is 59.0 g/mol. The van der Waals surface area contributed by atoms with Gasteiger partial charge in [-0.3, -0.25) is 0 Å². The molecule has 0 aromatic heterocycles. The Kier molecular flexibility index (Phi) is 20.0. The molecule has 0 aliphatic heterocycles. The van der Waals surface area contributed by atoms with Gasteiger partial charge in [-0.2, -0.15) is 13.8 Å². The van der Waals surface area contributed by atoms with Crippen LogP contribution in [0, 0.1) is 6.42 Å². The van der Waals surface area contributed by atoms with Crippen LogP contribution in [0.5, 0.6) is 0 Å². The maximum absolute atomic E-state index is 2.00. The van der Waals surface area contributed by atoms with Crippen molar-refractivity contribution in [3.63, 3.8) is 0 Å². The molecule has 0 rings (SSSR count). The molecule has 0 spiro atoms. The van der Waals surface area contributed by atoms with E-state index < -0.39 is 0 Å². The van der Waals surface area contributed by atoms with E-state index in [9.17, 15) is 0 Å². The second-order valence-corrected chi connectivity index (χ2v) is 0.577. The molecule has 0 nitrogen and oxygen atoms in total. The van der Waals surface area contributed by atoms with Crippen LogP contribution in [0.3, 0.4) is 0 Å². The zero-order chi connectivity index (χ0) is 2.71. The Hall–Kier alpha value is 1.00. The molecule has 1 heteroatoms. The van der Waals surface area contributed by atoms with Gasteiger partial charge >= 0.3 is 29.6 Å². The first-order valence-corrected chi connectivity index (χ1v) is 1.15. The molecule has 22 valence electrons. The van der Waals surface area contributed by atoms with Crippen molar-refractivity contribution < 1.29 is 31.0 Å². The standard InChI is InChI=1S/C3H7.Na.H2/c1-3-2;;/h3H,1-2H3;;1H/q-1;+1;. The molecule has 0 fully saturated rings. The minimum atomic E-state index is 0. The summed E-state index contributed by atoms with van der Waals surface area (Å²) in [6.45, 7) is 4.00. The second-order valence-electron chi connectivity index (χ2n) is 0.577. The van der Waals surface area contributed by atoms with Crippen LogP contribution in [0.15, 0.2) is 0 Å². The third kappa shape index (κ3) is 12.0. The monoisotopic (exact) mass is 68.1 g/mol. The van der Waals surface area contributed by atoms with E-state index in [1.54, 1.807) is 0 Å². The Morgan fingerprint density at radius 1 is 1.50 bits per heavy atom. The van der Waals surface area contributed by atoms with Crippen molar-refractivity contribution in [2.45, 2.75) is 13.8 Å². The van der Waals surface area contributed by atoms with Gasteiger partial charge in [-0.1, -0.05) is 0 Å². The van der Waals surface area contributed by atoms with Gasteiger partial charge in [-0.15, -0.1) is 0 Å². The summed E-state index contributed by atoms with van der Waals surface area (Å²) >= 11 is 0. The van der Waals surface area contributed by atoms with Crippen molar-refractivity contribution in [3.05, 3.63) is 6.42 Å². The molecule has 0 atom stereocenters. The van der Waals surface area contributed by atoms with E-state index in [2.05, 4.69) is 0 Å². The van der Waals surface area contributed by atoms with Gasteiger partial charge in [0.05, 0.1) is 0 Å². The first-order valence-electron chi connectivity index (χ1n) is 1.15. The maximum atomic E-state index is 2.00. The van der Waals surface area contributed by atoms with Crippen LogP contribution in [0.1, 0.15) is 15.3 Å². The molecular formula is C3H9Na. The van der Waals surface area contributed by atoms with Gasteiger partial charge in [-0.05, 0) is 0 Å². The van der Waals surface area contributed by atoms with Gasteiger partial charge in [0, 0.05) is 1.43 Å². The van der Waals surface area contributed by atoms with Gasteiger partial charge < -0.3 is 6.42 Å². The quantitative estimate of drug-likeness (QED) is 0.239. The van der Waals surface area contributed by atoms with Gasteiger partial charge in [-0.25, -0.2) is 0 Å². The third-order valence-corrected chi connectivity index (χ3v) is 0. The first kappa shape index (κ1) is 8.89. The summed E-state index contributed by atoms with van der Waals surface area (Å²) in [5.41, 5.74) is 0. The Bertz CT molecular complexity index is 6.85. The van der Waals surface area contributed by atoms with Crippen molar-refractivity contribution in [1.82, 2.24) is 0 Å². The average molecular weight is 68.1 g/mol. The van der Waals surface area contributed by atoms with E-state index in [0.717, 1.165) is 0 Å². The summed E-state index contributed by atoms with van der Waals surface area (Å²) in [4.78, 5) is 0. The summed E-state index contributed by atoms with van der Waals surface area (Å²) in [7, 11) is 0. The predicted octanol–water partition coefficient (Wildman–Crippen LogP) is -1.52. The van der Waals surface area contributed by atoms with Crippen molar-refractivity contribution in [1.29, 1.82) is 0 Å². The molecule has 0 aromatic rings. The molecule has 0 amide bonds. The Balaban J connectivity index is -0.0000000200. The van der Waals surface area contributed by atoms with Crippen molar-refractivity contribution in [3.8, 4) is 0 Å². The van der Waals surface area contributed by atoms with E-state index in [-0.39, 0.29) is 31.0 Å². The SMILES string of the molecule is C[CH-]C.[HH].[Na+]. The maximum Gasteiger partial charge on any atom is 1.00 e. The van der Waals surface area contributed by atoms with Gasteiger partial charge in [0.15, 0.2) is 0 Å². The molecule has 0 heterocycles. The summed E-state index contributed by atoms with van der Waals surface area (Å²) in [5, 5.41) is 0. The normalized spacial score (nSPS) is 4.50. The predicted molar refractivity (Wildman–Crippen MR) is 17.8 cm³/mol. The van der Waals surface area contributed by atoms with Gasteiger partial charge in [0.25, 0.3) is 0 Å². The van der Waals surface area contributed by atoms with Crippen LogP contribution in [0.25, 0.3) is 0 Å². The van der Waals surface area contributed by atoms with Crippen LogP contribution >= 0.6 is 0 Å². The molecule has 0 aromatic carbocycles. The molecule has 0 bridgehead atoms. The zero-order valence-corrected chi connectivity index (χ0v) is 5.58. The van der Waals surface area contributed by atoms with Crippen LogP contribution in [-0.4, -0.2) is 0 Å². The zero-order valence-electron chi connectivity index (χ0n) is 3.58. The minimum Gasteiger partial charge on any atom is -0.335 e. The van der Waals surface area contributed by atoms with Crippen LogP contribution in [0.2, 0.25) is 0 Å². The van der Waals surface area contributed by atoms with Gasteiger partial charge in [0.1, 0.15) is 0 Å². The average Bonchev–Trinajstić information content (AvgIpc) is 0.918. The Labute approximate surface area is 51.4 Å². The minimum absolute atomic E-state index is 0. The summed E-state index contributed by atoms with van der Waals surface area (Å²) in [6, 6.07) is 0. The number of hydrogen-bond acceptors (Lipinski definition) is 0.